The largest absolute Gasteiger partial charge is 0.493 e. The molecule has 0 fully saturated rings. The number of ether oxygens (including phenoxy) is 3. The predicted molar refractivity (Wildman–Crippen MR) is 163 cm³/mol. The van der Waals surface area contributed by atoms with E-state index in [1.54, 1.807) is 55.8 Å². The first-order valence-electron chi connectivity index (χ1n) is 13.5. The molecule has 0 spiro atoms. The maximum absolute atomic E-state index is 13.7. The van der Waals surface area contributed by atoms with E-state index in [-0.39, 0.29) is 24.0 Å². The molecule has 0 radical (unpaired) electrons. The fourth-order valence-electron chi connectivity index (χ4n) is 4.24. The molecule has 0 saturated carbocycles. The summed E-state index contributed by atoms with van der Waals surface area (Å²) in [5.74, 6) is 0.759. The number of amides is 2. The molecule has 224 valence electrons. The number of nitrogens with zero attached hydrogens (tertiary/aromatic N) is 3. The van der Waals surface area contributed by atoms with Gasteiger partial charge in [-0.15, -0.1) is 11.3 Å². The van der Waals surface area contributed by atoms with Crippen molar-refractivity contribution < 1.29 is 28.7 Å². The van der Waals surface area contributed by atoms with E-state index < -0.39 is 4.92 Å². The fourth-order valence-corrected chi connectivity index (χ4v) is 5.16. The molecule has 2 amide bonds. The van der Waals surface area contributed by atoms with Crippen LogP contribution in [0.2, 0.25) is 0 Å². The average Bonchev–Trinajstić information content (AvgIpc) is 3.41. The minimum Gasteiger partial charge on any atom is -0.493 e. The van der Waals surface area contributed by atoms with Gasteiger partial charge in [-0.1, -0.05) is 6.07 Å². The smallest absolute Gasteiger partial charge is 0.269 e. The zero-order valence-corrected chi connectivity index (χ0v) is 25.2. The van der Waals surface area contributed by atoms with Gasteiger partial charge in [0.25, 0.3) is 5.69 Å². The molecule has 3 aromatic rings. The quantitative estimate of drug-likeness (QED) is 0.0977. The minimum absolute atomic E-state index is 0.0283. The summed E-state index contributed by atoms with van der Waals surface area (Å²) in [4.78, 5) is 41.8. The summed E-state index contributed by atoms with van der Waals surface area (Å²) in [6.07, 6.45) is 4.13. The Labute approximate surface area is 250 Å². The van der Waals surface area contributed by atoms with Gasteiger partial charge < -0.3 is 24.0 Å². The van der Waals surface area contributed by atoms with Crippen LogP contribution in [0.3, 0.4) is 0 Å². The van der Waals surface area contributed by atoms with Gasteiger partial charge in [-0.05, 0) is 78.2 Å². The van der Waals surface area contributed by atoms with Crippen molar-refractivity contribution >= 4 is 34.9 Å². The van der Waals surface area contributed by atoms with E-state index in [0.29, 0.717) is 56.1 Å². The Hall–Kier alpha value is -4.22. The Bertz CT molecular complexity index is 1370. The Morgan fingerprint density at radius 2 is 1.71 bits per heavy atom. The van der Waals surface area contributed by atoms with E-state index in [0.717, 1.165) is 16.0 Å². The number of carbonyl (C=O) groups excluding carboxylic acids is 2. The molecule has 3 rings (SSSR count). The topological polar surface area (TPSA) is 111 Å². The number of benzene rings is 2. The third-order valence-electron chi connectivity index (χ3n) is 6.71. The van der Waals surface area contributed by atoms with Gasteiger partial charge in [0.2, 0.25) is 11.8 Å². The van der Waals surface area contributed by atoms with E-state index in [1.165, 1.54) is 23.1 Å². The van der Waals surface area contributed by atoms with E-state index in [9.17, 15) is 19.7 Å². The molecule has 0 bridgehead atoms. The Kier molecular flexibility index (Phi) is 12.5. The van der Waals surface area contributed by atoms with Gasteiger partial charge in [-0.2, -0.15) is 0 Å². The van der Waals surface area contributed by atoms with Crippen LogP contribution in [0, 0.1) is 17.0 Å². The third kappa shape index (κ3) is 9.42. The molecular formula is C31H37N3O7S. The van der Waals surface area contributed by atoms with Crippen molar-refractivity contribution in [2.45, 2.75) is 26.3 Å². The molecule has 1 aromatic heterocycles. The lowest BCUT2D eigenvalue weighted by molar-refractivity contribution is -0.384. The van der Waals surface area contributed by atoms with E-state index in [4.69, 9.17) is 14.2 Å². The fraction of sp³-hybridized carbons (Fsp3) is 0.355. The molecule has 10 nitrogen and oxygen atoms in total. The number of hydrogen-bond acceptors (Lipinski definition) is 8. The molecule has 0 aliphatic heterocycles. The molecule has 1 heterocycles. The summed E-state index contributed by atoms with van der Waals surface area (Å²) >= 11 is 1.60. The van der Waals surface area contributed by atoms with Crippen LogP contribution in [0.1, 0.15) is 28.0 Å². The van der Waals surface area contributed by atoms with Crippen LogP contribution in [0.4, 0.5) is 5.69 Å². The van der Waals surface area contributed by atoms with Crippen LogP contribution in [0.5, 0.6) is 11.5 Å². The lowest BCUT2D eigenvalue weighted by Gasteiger charge is -2.27. The normalized spacial score (nSPS) is 11.0. The van der Waals surface area contributed by atoms with Crippen LogP contribution in [-0.4, -0.2) is 74.1 Å². The second kappa shape index (κ2) is 16.3. The number of nitro groups is 1. The SMILES string of the molecule is COCCCN(CC(=O)N(CCc1ccc(OC)c(OC)c1)Cc1sccc1C)C(=O)C=Cc1ccc([N+](=O)[O-])cc1. The number of rotatable bonds is 16. The van der Waals surface area contributed by atoms with Gasteiger partial charge >= 0.3 is 0 Å². The van der Waals surface area contributed by atoms with Gasteiger partial charge in [0.1, 0.15) is 6.54 Å². The van der Waals surface area contributed by atoms with Gasteiger partial charge in [0.15, 0.2) is 11.5 Å². The first-order chi connectivity index (χ1) is 20.2. The Morgan fingerprint density at radius 3 is 2.33 bits per heavy atom. The maximum Gasteiger partial charge on any atom is 0.269 e. The van der Waals surface area contributed by atoms with Gasteiger partial charge in [-0.25, -0.2) is 0 Å². The van der Waals surface area contributed by atoms with Crippen molar-refractivity contribution in [3.8, 4) is 11.5 Å². The van der Waals surface area contributed by atoms with Crippen LogP contribution in [-0.2, 0) is 27.3 Å². The molecule has 0 unspecified atom stereocenters. The van der Waals surface area contributed by atoms with Crippen molar-refractivity contribution in [2.24, 2.45) is 0 Å². The summed E-state index contributed by atoms with van der Waals surface area (Å²) in [5.41, 5.74) is 2.72. The zero-order valence-electron chi connectivity index (χ0n) is 24.4. The predicted octanol–water partition coefficient (Wildman–Crippen LogP) is 5.13. The summed E-state index contributed by atoms with van der Waals surface area (Å²) < 4.78 is 15.9. The Morgan fingerprint density at radius 1 is 0.976 bits per heavy atom. The third-order valence-corrected chi connectivity index (χ3v) is 7.72. The Balaban J connectivity index is 1.77. The van der Waals surface area contributed by atoms with Crippen molar-refractivity contribution in [1.29, 1.82) is 0 Å². The lowest BCUT2D eigenvalue weighted by atomic mass is 10.1. The number of nitro benzene ring substituents is 1. The van der Waals surface area contributed by atoms with Crippen LogP contribution < -0.4 is 9.47 Å². The highest BCUT2D eigenvalue weighted by Gasteiger charge is 2.21. The molecule has 2 aromatic carbocycles. The van der Waals surface area contributed by atoms with E-state index in [2.05, 4.69) is 0 Å². The lowest BCUT2D eigenvalue weighted by Crippen LogP contribution is -2.43. The summed E-state index contributed by atoms with van der Waals surface area (Å²) in [6.45, 7) is 3.60. The van der Waals surface area contributed by atoms with Crippen LogP contribution >= 0.6 is 11.3 Å². The second-order valence-corrected chi connectivity index (χ2v) is 10.6. The number of aryl methyl sites for hydroxylation is 1. The highest BCUT2D eigenvalue weighted by Crippen LogP contribution is 2.28. The van der Waals surface area contributed by atoms with Gasteiger partial charge in [0, 0.05) is 49.9 Å². The molecule has 0 N–H and O–H groups in total. The number of carbonyl (C=O) groups is 2. The molecule has 42 heavy (non-hydrogen) atoms. The summed E-state index contributed by atoms with van der Waals surface area (Å²) in [6, 6.07) is 13.6. The van der Waals surface area contributed by atoms with Crippen molar-refractivity contribution in [2.75, 3.05) is 47.6 Å². The summed E-state index contributed by atoms with van der Waals surface area (Å²) in [7, 11) is 4.76. The average molecular weight is 596 g/mol. The zero-order chi connectivity index (χ0) is 30.5. The number of non-ortho nitro benzene ring substituents is 1. The van der Waals surface area contributed by atoms with Gasteiger partial charge in [-0.3, -0.25) is 19.7 Å². The molecule has 0 saturated heterocycles. The van der Waals surface area contributed by atoms with Crippen LogP contribution in [0.25, 0.3) is 6.08 Å². The number of methoxy groups -OCH3 is 3. The first-order valence-corrected chi connectivity index (χ1v) is 14.4. The molecule has 11 heteroatoms. The van der Waals surface area contributed by atoms with Crippen molar-refractivity contribution in [3.63, 3.8) is 0 Å². The second-order valence-electron chi connectivity index (χ2n) is 9.57. The van der Waals surface area contributed by atoms with Crippen molar-refractivity contribution in [1.82, 2.24) is 9.80 Å². The van der Waals surface area contributed by atoms with Gasteiger partial charge in [0.05, 0.1) is 25.7 Å². The standard InChI is InChI=1S/C31H37N3O7S/c1-23-15-19-42-29(23)21-33(17-14-25-8-12-27(40-3)28(20-25)41-4)31(36)22-32(16-5-18-39-2)30(35)13-9-24-6-10-26(11-7-24)34(37)38/h6-13,15,19-20H,5,14,16-18,21-22H2,1-4H3. The highest BCUT2D eigenvalue weighted by molar-refractivity contribution is 7.10. The first kappa shape index (κ1) is 32.3. The molecular weight excluding hydrogens is 558 g/mol. The maximum atomic E-state index is 13.7. The molecule has 0 aliphatic carbocycles. The molecule has 0 atom stereocenters. The number of hydrogen-bond donors (Lipinski definition) is 0. The van der Waals surface area contributed by atoms with E-state index in [1.807, 2.05) is 36.6 Å². The van der Waals surface area contributed by atoms with Crippen molar-refractivity contribution in [3.05, 3.63) is 91.7 Å². The highest BCUT2D eigenvalue weighted by atomic mass is 32.1. The summed E-state index contributed by atoms with van der Waals surface area (Å²) in [5, 5.41) is 12.9. The monoisotopic (exact) mass is 595 g/mol. The van der Waals surface area contributed by atoms with E-state index >= 15 is 0 Å². The number of thiophene rings is 1. The molecule has 0 aliphatic rings. The van der Waals surface area contributed by atoms with Crippen LogP contribution in [0.15, 0.2) is 60.0 Å². The minimum atomic E-state index is -0.476.